The second-order valence-corrected chi connectivity index (χ2v) is 5.03. The van der Waals surface area contributed by atoms with Crippen molar-refractivity contribution in [2.75, 3.05) is 6.54 Å². The van der Waals surface area contributed by atoms with Crippen LogP contribution in [0.2, 0.25) is 0 Å². The molecule has 1 aromatic carbocycles. The molecule has 0 radical (unpaired) electrons. The van der Waals surface area contributed by atoms with Crippen LogP contribution in [0.4, 0.5) is 0 Å². The number of nitrogens with one attached hydrogen (secondary N) is 1. The van der Waals surface area contributed by atoms with Gasteiger partial charge >= 0.3 is 0 Å². The molecular weight excluding hydrogens is 262 g/mol. The Morgan fingerprint density at radius 1 is 1.24 bits per heavy atom. The van der Waals surface area contributed by atoms with Crippen LogP contribution in [-0.2, 0) is 6.54 Å². The summed E-state index contributed by atoms with van der Waals surface area (Å²) in [5, 5.41) is 7.93. The lowest BCUT2D eigenvalue weighted by Gasteiger charge is -2.12. The molecule has 108 valence electrons. The molecule has 21 heavy (non-hydrogen) atoms. The minimum atomic E-state index is 0.269. The van der Waals surface area contributed by atoms with Crippen molar-refractivity contribution in [1.29, 1.82) is 0 Å². The molecule has 0 aliphatic rings. The van der Waals surface area contributed by atoms with E-state index in [4.69, 9.17) is 0 Å². The van der Waals surface area contributed by atoms with E-state index in [1.54, 1.807) is 6.20 Å². The van der Waals surface area contributed by atoms with E-state index in [1.807, 2.05) is 53.7 Å². The van der Waals surface area contributed by atoms with Gasteiger partial charge in [-0.3, -0.25) is 0 Å². The fourth-order valence-electron chi connectivity index (χ4n) is 2.23. The smallest absolute Gasteiger partial charge is 0.0946 e. The molecule has 5 heteroatoms. The molecule has 3 rings (SSSR count). The van der Waals surface area contributed by atoms with Crippen molar-refractivity contribution in [3.05, 3.63) is 67.0 Å². The zero-order valence-corrected chi connectivity index (χ0v) is 12.1. The second-order valence-electron chi connectivity index (χ2n) is 5.03. The van der Waals surface area contributed by atoms with Crippen LogP contribution in [0.25, 0.3) is 5.69 Å². The fraction of sp³-hybridized carbons (Fsp3) is 0.250. The lowest BCUT2D eigenvalue weighted by molar-refractivity contribution is 0.531. The Bertz CT molecular complexity index is 657. The lowest BCUT2D eigenvalue weighted by atomic mass is 10.2. The predicted molar refractivity (Wildman–Crippen MR) is 82.2 cm³/mol. The summed E-state index contributed by atoms with van der Waals surface area (Å²) in [5.41, 5.74) is 2.26. The number of nitrogens with zero attached hydrogens (tertiary/aromatic N) is 4. The summed E-state index contributed by atoms with van der Waals surface area (Å²) in [6, 6.07) is 10.4. The Kier molecular flexibility index (Phi) is 4.12. The van der Waals surface area contributed by atoms with Gasteiger partial charge in [0.25, 0.3) is 0 Å². The fourth-order valence-corrected chi connectivity index (χ4v) is 2.23. The first kappa shape index (κ1) is 13.6. The average Bonchev–Trinajstić information content (AvgIpc) is 3.20. The van der Waals surface area contributed by atoms with Gasteiger partial charge in [-0.25, -0.2) is 9.67 Å². The predicted octanol–water partition coefficient (Wildman–Crippen LogP) is 2.42. The van der Waals surface area contributed by atoms with Gasteiger partial charge in [0.05, 0.1) is 18.2 Å². The molecule has 0 bridgehead atoms. The highest BCUT2D eigenvalue weighted by molar-refractivity contribution is 5.31. The first-order valence-electron chi connectivity index (χ1n) is 7.12. The van der Waals surface area contributed by atoms with Crippen LogP contribution in [0.15, 0.2) is 61.4 Å². The van der Waals surface area contributed by atoms with Gasteiger partial charge in [-0.05, 0) is 19.1 Å². The van der Waals surface area contributed by atoms with Crippen LogP contribution in [-0.4, -0.2) is 25.9 Å². The lowest BCUT2D eigenvalue weighted by Crippen LogP contribution is -2.22. The van der Waals surface area contributed by atoms with Crippen molar-refractivity contribution in [1.82, 2.24) is 24.6 Å². The Balaban J connectivity index is 1.58. The summed E-state index contributed by atoms with van der Waals surface area (Å²) in [5.74, 6) is 0. The van der Waals surface area contributed by atoms with Crippen molar-refractivity contribution >= 4 is 0 Å². The average molecular weight is 281 g/mol. The van der Waals surface area contributed by atoms with E-state index < -0.39 is 0 Å². The molecule has 0 amide bonds. The molecule has 2 aromatic heterocycles. The van der Waals surface area contributed by atoms with Gasteiger partial charge in [0, 0.05) is 43.3 Å². The first-order valence-corrected chi connectivity index (χ1v) is 7.12. The topological polar surface area (TPSA) is 47.7 Å². The van der Waals surface area contributed by atoms with Crippen LogP contribution in [0, 0.1) is 0 Å². The number of hydrogen-bond acceptors (Lipinski definition) is 3. The summed E-state index contributed by atoms with van der Waals surface area (Å²) in [7, 11) is 0. The highest BCUT2D eigenvalue weighted by Crippen LogP contribution is 2.14. The number of para-hydroxylation sites is 1. The van der Waals surface area contributed by atoms with Gasteiger partial charge in [0.1, 0.15) is 0 Å². The molecule has 1 N–H and O–H groups in total. The van der Waals surface area contributed by atoms with Gasteiger partial charge in [0.2, 0.25) is 0 Å². The van der Waals surface area contributed by atoms with Gasteiger partial charge in [0.15, 0.2) is 0 Å². The highest BCUT2D eigenvalue weighted by atomic mass is 15.3. The number of benzene rings is 1. The van der Waals surface area contributed by atoms with E-state index in [1.165, 1.54) is 5.56 Å². The maximum atomic E-state index is 4.43. The molecule has 5 nitrogen and oxygen atoms in total. The Morgan fingerprint density at radius 2 is 2.10 bits per heavy atom. The van der Waals surface area contributed by atoms with E-state index >= 15 is 0 Å². The van der Waals surface area contributed by atoms with E-state index in [0.29, 0.717) is 0 Å². The molecule has 0 saturated carbocycles. The molecule has 0 aliphatic carbocycles. The summed E-state index contributed by atoms with van der Waals surface area (Å²) in [6.07, 6.45) is 9.60. The molecule has 0 spiro atoms. The maximum absolute atomic E-state index is 4.43. The van der Waals surface area contributed by atoms with Crippen LogP contribution in [0.3, 0.4) is 0 Å². The van der Waals surface area contributed by atoms with Crippen LogP contribution >= 0.6 is 0 Å². The second kappa shape index (κ2) is 6.37. The van der Waals surface area contributed by atoms with Crippen LogP contribution in [0.5, 0.6) is 0 Å². The molecule has 1 unspecified atom stereocenters. The molecule has 0 aliphatic heterocycles. The van der Waals surface area contributed by atoms with Crippen molar-refractivity contribution in [3.8, 4) is 5.69 Å². The SMILES string of the molecule is CC(NCCn1ccnc1)c1cnn(-c2ccccc2)c1. The van der Waals surface area contributed by atoms with Crippen molar-refractivity contribution in [2.24, 2.45) is 0 Å². The van der Waals surface area contributed by atoms with Crippen molar-refractivity contribution < 1.29 is 0 Å². The van der Waals surface area contributed by atoms with E-state index in [2.05, 4.69) is 33.1 Å². The zero-order chi connectivity index (χ0) is 14.5. The first-order chi connectivity index (χ1) is 10.3. The molecule has 2 heterocycles. The summed E-state index contributed by atoms with van der Waals surface area (Å²) >= 11 is 0. The molecule has 0 saturated heterocycles. The van der Waals surface area contributed by atoms with E-state index in [0.717, 1.165) is 18.8 Å². The minimum Gasteiger partial charge on any atom is -0.336 e. The van der Waals surface area contributed by atoms with Gasteiger partial charge < -0.3 is 9.88 Å². The third-order valence-electron chi connectivity index (χ3n) is 3.50. The van der Waals surface area contributed by atoms with Gasteiger partial charge in [-0.2, -0.15) is 5.10 Å². The number of imidazole rings is 1. The zero-order valence-electron chi connectivity index (χ0n) is 12.1. The van der Waals surface area contributed by atoms with Gasteiger partial charge in [-0.1, -0.05) is 18.2 Å². The van der Waals surface area contributed by atoms with Crippen LogP contribution < -0.4 is 5.32 Å². The minimum absolute atomic E-state index is 0.269. The third kappa shape index (κ3) is 3.38. The standard InChI is InChI=1S/C16H19N5/c1-14(18-8-10-20-9-7-17-13-20)15-11-19-21(12-15)16-5-3-2-4-6-16/h2-7,9,11-14,18H,8,10H2,1H3. The van der Waals surface area contributed by atoms with E-state index in [9.17, 15) is 0 Å². The molecule has 0 fully saturated rings. The monoisotopic (exact) mass is 281 g/mol. The van der Waals surface area contributed by atoms with Crippen LogP contribution in [0.1, 0.15) is 18.5 Å². The van der Waals surface area contributed by atoms with Crippen molar-refractivity contribution in [3.63, 3.8) is 0 Å². The number of hydrogen-bond donors (Lipinski definition) is 1. The summed E-state index contributed by atoms with van der Waals surface area (Å²) in [4.78, 5) is 4.04. The quantitative estimate of drug-likeness (QED) is 0.755. The normalized spacial score (nSPS) is 12.4. The maximum Gasteiger partial charge on any atom is 0.0946 e. The number of aromatic nitrogens is 4. The molecular formula is C16H19N5. The Morgan fingerprint density at radius 3 is 2.86 bits per heavy atom. The largest absolute Gasteiger partial charge is 0.336 e. The Labute approximate surface area is 124 Å². The summed E-state index contributed by atoms with van der Waals surface area (Å²) in [6.45, 7) is 3.96. The molecule has 1 atom stereocenters. The summed E-state index contributed by atoms with van der Waals surface area (Å²) < 4.78 is 3.97. The van der Waals surface area contributed by atoms with Gasteiger partial charge in [-0.15, -0.1) is 0 Å². The third-order valence-corrected chi connectivity index (χ3v) is 3.50. The Hall–Kier alpha value is -2.40. The highest BCUT2D eigenvalue weighted by Gasteiger charge is 2.08. The number of rotatable bonds is 6. The van der Waals surface area contributed by atoms with Crippen molar-refractivity contribution in [2.45, 2.75) is 19.5 Å². The van der Waals surface area contributed by atoms with E-state index in [-0.39, 0.29) is 6.04 Å². The molecule has 3 aromatic rings.